The van der Waals surface area contributed by atoms with Crippen molar-refractivity contribution in [2.75, 3.05) is 0 Å². The van der Waals surface area contributed by atoms with Crippen LogP contribution in [0.1, 0.15) is 0 Å². The van der Waals surface area contributed by atoms with Gasteiger partial charge in [-0.25, -0.2) is 9.97 Å². The molecule has 0 atom stereocenters. The van der Waals surface area contributed by atoms with Crippen LogP contribution in [0.15, 0.2) is 170 Å². The van der Waals surface area contributed by atoms with Crippen molar-refractivity contribution in [3.63, 3.8) is 0 Å². The van der Waals surface area contributed by atoms with Gasteiger partial charge in [-0.2, -0.15) is 0 Å². The van der Waals surface area contributed by atoms with E-state index in [9.17, 15) is 0 Å². The van der Waals surface area contributed by atoms with Gasteiger partial charge < -0.3 is 0 Å². The molecule has 0 fully saturated rings. The van der Waals surface area contributed by atoms with Crippen LogP contribution in [-0.2, 0) is 0 Å². The largest absolute Gasteiger partial charge is 0.247 e. The number of para-hydroxylation sites is 1. The average molecular weight is 641 g/mol. The zero-order valence-corrected chi connectivity index (χ0v) is 27.3. The van der Waals surface area contributed by atoms with Crippen LogP contribution in [0, 0.1) is 0 Å². The van der Waals surface area contributed by atoms with Crippen LogP contribution in [0.5, 0.6) is 0 Å². The topological polar surface area (TPSA) is 25.8 Å². The van der Waals surface area contributed by atoms with E-state index in [-0.39, 0.29) is 0 Å². The van der Waals surface area contributed by atoms with Crippen molar-refractivity contribution in [1.29, 1.82) is 0 Å². The van der Waals surface area contributed by atoms with Gasteiger partial charge in [0.2, 0.25) is 0 Å². The zero-order chi connectivity index (χ0) is 32.3. The first-order valence-electron chi connectivity index (χ1n) is 16.6. The first kappa shape index (κ1) is 27.9. The van der Waals surface area contributed by atoms with Crippen LogP contribution >= 0.6 is 11.3 Å². The Morgan fingerprint density at radius 1 is 0.367 bits per heavy atom. The highest BCUT2D eigenvalue weighted by atomic mass is 32.1. The third-order valence-corrected chi connectivity index (χ3v) is 10.7. The molecular formula is C46H28N2S. The molecular weight excluding hydrogens is 613 g/mol. The maximum Gasteiger partial charge on any atom is 0.124 e. The summed E-state index contributed by atoms with van der Waals surface area (Å²) in [6, 6.07) is 61.0. The minimum absolute atomic E-state index is 1.01. The van der Waals surface area contributed by atoms with E-state index in [1.807, 2.05) is 6.07 Å². The Balaban J connectivity index is 1.18. The molecule has 49 heavy (non-hydrogen) atoms. The van der Waals surface area contributed by atoms with Crippen molar-refractivity contribution in [2.24, 2.45) is 0 Å². The van der Waals surface area contributed by atoms with Crippen molar-refractivity contribution in [3.8, 4) is 44.1 Å². The predicted molar refractivity (Wildman–Crippen MR) is 209 cm³/mol. The Morgan fingerprint density at radius 2 is 1.06 bits per heavy atom. The van der Waals surface area contributed by atoms with Crippen molar-refractivity contribution >= 4 is 64.8 Å². The molecule has 0 bridgehead atoms. The SMILES string of the molecule is c1ccc(-c2nc3ccc(-c4cccc(-c5cc6c(-c7ccc8ccccc8c7)nc7ccccc7c6c6ccccc56)c4)cc3s2)cc1. The van der Waals surface area contributed by atoms with Gasteiger partial charge in [0.1, 0.15) is 5.01 Å². The van der Waals surface area contributed by atoms with Gasteiger partial charge in [0.05, 0.1) is 21.4 Å². The summed E-state index contributed by atoms with van der Waals surface area (Å²) in [6.07, 6.45) is 0. The summed E-state index contributed by atoms with van der Waals surface area (Å²) < 4.78 is 1.19. The fourth-order valence-electron chi connectivity index (χ4n) is 7.29. The van der Waals surface area contributed by atoms with E-state index in [1.54, 1.807) is 11.3 Å². The first-order chi connectivity index (χ1) is 24.3. The summed E-state index contributed by atoms with van der Waals surface area (Å²) >= 11 is 1.75. The maximum atomic E-state index is 5.34. The lowest BCUT2D eigenvalue weighted by atomic mass is 9.89. The van der Waals surface area contributed by atoms with Crippen LogP contribution in [0.2, 0.25) is 0 Å². The van der Waals surface area contributed by atoms with Crippen molar-refractivity contribution in [3.05, 3.63) is 170 Å². The van der Waals surface area contributed by atoms with Gasteiger partial charge in [-0.05, 0) is 80.2 Å². The predicted octanol–water partition coefficient (Wildman–Crippen LogP) is 13.0. The van der Waals surface area contributed by atoms with Crippen LogP contribution in [0.4, 0.5) is 0 Å². The fourth-order valence-corrected chi connectivity index (χ4v) is 8.30. The molecule has 0 radical (unpaired) electrons. The molecule has 2 nitrogen and oxygen atoms in total. The van der Waals surface area contributed by atoms with E-state index >= 15 is 0 Å². The Kier molecular flexibility index (Phi) is 6.39. The molecule has 2 heterocycles. The van der Waals surface area contributed by atoms with E-state index in [0.717, 1.165) is 38.2 Å². The summed E-state index contributed by atoms with van der Waals surface area (Å²) in [5.41, 5.74) is 10.1. The molecule has 10 aromatic rings. The molecule has 10 rings (SSSR count). The smallest absolute Gasteiger partial charge is 0.124 e. The Bertz CT molecular complexity index is 2890. The molecule has 2 aromatic heterocycles. The van der Waals surface area contributed by atoms with E-state index in [1.165, 1.54) is 59.3 Å². The van der Waals surface area contributed by atoms with Gasteiger partial charge in [-0.15, -0.1) is 11.3 Å². The highest BCUT2D eigenvalue weighted by Crippen LogP contribution is 2.43. The van der Waals surface area contributed by atoms with Gasteiger partial charge in [0.15, 0.2) is 0 Å². The highest BCUT2D eigenvalue weighted by molar-refractivity contribution is 7.21. The first-order valence-corrected chi connectivity index (χ1v) is 17.4. The second-order valence-electron chi connectivity index (χ2n) is 12.6. The molecule has 0 unspecified atom stereocenters. The van der Waals surface area contributed by atoms with Crippen molar-refractivity contribution in [2.45, 2.75) is 0 Å². The molecule has 0 amide bonds. The Labute approximate surface area is 287 Å². The van der Waals surface area contributed by atoms with E-state index in [2.05, 4.69) is 164 Å². The summed E-state index contributed by atoms with van der Waals surface area (Å²) in [6.45, 7) is 0. The normalized spacial score (nSPS) is 11.7. The van der Waals surface area contributed by atoms with Crippen molar-refractivity contribution < 1.29 is 0 Å². The van der Waals surface area contributed by atoms with Gasteiger partial charge in [0, 0.05) is 27.3 Å². The average Bonchev–Trinajstić information content (AvgIpc) is 3.61. The molecule has 0 aliphatic rings. The quantitative estimate of drug-likeness (QED) is 0.179. The lowest BCUT2D eigenvalue weighted by Crippen LogP contribution is -1.93. The van der Waals surface area contributed by atoms with E-state index < -0.39 is 0 Å². The Morgan fingerprint density at radius 3 is 1.96 bits per heavy atom. The summed E-state index contributed by atoms with van der Waals surface area (Å²) in [4.78, 5) is 10.3. The minimum atomic E-state index is 1.01. The second-order valence-corrected chi connectivity index (χ2v) is 13.6. The molecule has 0 aliphatic heterocycles. The van der Waals surface area contributed by atoms with E-state index in [4.69, 9.17) is 9.97 Å². The minimum Gasteiger partial charge on any atom is -0.247 e. The number of fused-ring (bicyclic) bond motifs is 7. The zero-order valence-electron chi connectivity index (χ0n) is 26.5. The van der Waals surface area contributed by atoms with Crippen molar-refractivity contribution in [1.82, 2.24) is 9.97 Å². The summed E-state index contributed by atoms with van der Waals surface area (Å²) in [5.74, 6) is 0. The van der Waals surface area contributed by atoms with Crippen LogP contribution in [0.25, 0.3) is 97.5 Å². The number of aromatic nitrogens is 2. The van der Waals surface area contributed by atoms with Crippen LogP contribution in [-0.4, -0.2) is 9.97 Å². The third kappa shape index (κ3) is 4.70. The van der Waals surface area contributed by atoms with Gasteiger partial charge >= 0.3 is 0 Å². The maximum absolute atomic E-state index is 5.34. The van der Waals surface area contributed by atoms with E-state index in [0.29, 0.717) is 0 Å². The fraction of sp³-hybridized carbons (Fsp3) is 0. The number of thiazole rings is 1. The molecule has 0 N–H and O–H groups in total. The lowest BCUT2D eigenvalue weighted by molar-refractivity contribution is 1.43. The number of benzene rings is 8. The molecule has 0 aliphatic carbocycles. The lowest BCUT2D eigenvalue weighted by Gasteiger charge is -2.17. The standard InChI is InChI=1S/C46H28N2S/c1-2-12-30(13-3-1)46-48-42-24-23-33(27-43(42)49-46)32-15-10-16-34(25-32)39-28-40-44(37-18-7-6-17-36(37)39)38-19-8-9-20-41(38)47-45(40)35-22-21-29-11-4-5-14-31(29)26-35/h1-28H. The van der Waals surface area contributed by atoms with Crippen LogP contribution < -0.4 is 0 Å². The number of nitrogens with zero attached hydrogens (tertiary/aromatic N) is 2. The summed E-state index contributed by atoms with van der Waals surface area (Å²) in [5, 5.41) is 9.54. The number of hydrogen-bond donors (Lipinski definition) is 0. The van der Waals surface area contributed by atoms with Gasteiger partial charge in [-0.3, -0.25) is 0 Å². The molecule has 0 spiro atoms. The number of hydrogen-bond acceptors (Lipinski definition) is 3. The summed E-state index contributed by atoms with van der Waals surface area (Å²) in [7, 11) is 0. The van der Waals surface area contributed by atoms with Gasteiger partial charge in [0.25, 0.3) is 0 Å². The molecule has 0 saturated heterocycles. The molecule has 8 aromatic carbocycles. The number of pyridine rings is 1. The monoisotopic (exact) mass is 640 g/mol. The second kappa shape index (κ2) is 11.2. The Hall–Kier alpha value is -6.16. The third-order valence-electron chi connectivity index (χ3n) is 9.64. The number of rotatable bonds is 4. The highest BCUT2D eigenvalue weighted by Gasteiger charge is 2.17. The molecule has 0 saturated carbocycles. The van der Waals surface area contributed by atoms with Gasteiger partial charge in [-0.1, -0.05) is 133 Å². The van der Waals surface area contributed by atoms with Crippen LogP contribution in [0.3, 0.4) is 0 Å². The molecule has 228 valence electrons. The molecule has 3 heteroatoms.